The first-order valence-electron chi connectivity index (χ1n) is 8.10. The van der Waals surface area contributed by atoms with Gasteiger partial charge >= 0.3 is 0 Å². The molecular formula is C19H25NO4S. The largest absolute Gasteiger partial charge is 0.495 e. The molecule has 0 aliphatic rings. The lowest BCUT2D eigenvalue weighted by Crippen LogP contribution is -2.28. The normalized spacial score (nSPS) is 11.4. The van der Waals surface area contributed by atoms with Crippen molar-refractivity contribution in [3.8, 4) is 11.5 Å². The monoisotopic (exact) mass is 363 g/mol. The molecule has 2 aromatic rings. The van der Waals surface area contributed by atoms with Crippen LogP contribution in [0.2, 0.25) is 0 Å². The van der Waals surface area contributed by atoms with E-state index in [0.29, 0.717) is 5.75 Å². The molecule has 0 radical (unpaired) electrons. The Bertz CT molecular complexity index is 860. The van der Waals surface area contributed by atoms with Gasteiger partial charge in [-0.3, -0.25) is 0 Å². The van der Waals surface area contributed by atoms with E-state index in [0.717, 1.165) is 28.0 Å². The number of aryl methyl sites for hydroxylation is 3. The zero-order valence-corrected chi connectivity index (χ0v) is 16.2. The van der Waals surface area contributed by atoms with Crippen molar-refractivity contribution in [1.29, 1.82) is 0 Å². The highest BCUT2D eigenvalue weighted by Crippen LogP contribution is 2.27. The Morgan fingerprint density at radius 1 is 0.960 bits per heavy atom. The lowest BCUT2D eigenvalue weighted by molar-refractivity contribution is 0.320. The highest BCUT2D eigenvalue weighted by atomic mass is 32.2. The third kappa shape index (κ3) is 4.52. The van der Waals surface area contributed by atoms with Crippen molar-refractivity contribution in [3.05, 3.63) is 52.6 Å². The second-order valence-electron chi connectivity index (χ2n) is 6.03. The van der Waals surface area contributed by atoms with Gasteiger partial charge in [-0.15, -0.1) is 0 Å². The summed E-state index contributed by atoms with van der Waals surface area (Å²) in [4.78, 5) is 0.143. The zero-order chi connectivity index (χ0) is 18.6. The van der Waals surface area contributed by atoms with Crippen LogP contribution in [0.5, 0.6) is 11.5 Å². The summed E-state index contributed by atoms with van der Waals surface area (Å²) >= 11 is 0. The lowest BCUT2D eigenvalue weighted by Gasteiger charge is -2.14. The van der Waals surface area contributed by atoms with Gasteiger partial charge in [-0.2, -0.15) is 0 Å². The number of ether oxygens (including phenoxy) is 2. The van der Waals surface area contributed by atoms with Crippen LogP contribution in [0.1, 0.15) is 22.3 Å². The zero-order valence-electron chi connectivity index (χ0n) is 15.3. The minimum absolute atomic E-state index is 0.143. The molecule has 0 spiro atoms. The van der Waals surface area contributed by atoms with Gasteiger partial charge in [0.1, 0.15) is 23.0 Å². The summed E-state index contributed by atoms with van der Waals surface area (Å²) in [5.74, 6) is 1.11. The average Bonchev–Trinajstić information content (AvgIpc) is 2.57. The van der Waals surface area contributed by atoms with Gasteiger partial charge in [-0.05, 0) is 68.1 Å². The van der Waals surface area contributed by atoms with E-state index >= 15 is 0 Å². The lowest BCUT2D eigenvalue weighted by atomic mass is 10.1. The van der Waals surface area contributed by atoms with Crippen molar-refractivity contribution >= 4 is 10.0 Å². The summed E-state index contributed by atoms with van der Waals surface area (Å²) in [5, 5.41) is 0. The summed E-state index contributed by atoms with van der Waals surface area (Å²) in [6, 6.07) is 9.17. The van der Waals surface area contributed by atoms with E-state index in [2.05, 4.69) is 4.72 Å². The predicted octanol–water partition coefficient (Wildman–Crippen LogP) is 3.29. The standard InChI is InChI=1S/C19H25NO4S/c1-13-7-6-8-17(16(13)4)24-10-9-20-25(21,22)19-12-15(3)14(2)11-18(19)23-5/h6-8,11-12,20H,9-10H2,1-5H3. The number of sulfonamides is 1. The Morgan fingerprint density at radius 3 is 2.32 bits per heavy atom. The fraction of sp³-hybridized carbons (Fsp3) is 0.368. The highest BCUT2D eigenvalue weighted by Gasteiger charge is 2.20. The van der Waals surface area contributed by atoms with Gasteiger partial charge in [-0.1, -0.05) is 12.1 Å². The maximum Gasteiger partial charge on any atom is 0.244 e. The van der Waals surface area contributed by atoms with E-state index in [-0.39, 0.29) is 18.0 Å². The average molecular weight is 363 g/mol. The fourth-order valence-corrected chi connectivity index (χ4v) is 3.67. The third-order valence-electron chi connectivity index (χ3n) is 4.28. The van der Waals surface area contributed by atoms with Crippen molar-refractivity contribution in [1.82, 2.24) is 4.72 Å². The van der Waals surface area contributed by atoms with Crippen molar-refractivity contribution < 1.29 is 17.9 Å². The highest BCUT2D eigenvalue weighted by molar-refractivity contribution is 7.89. The van der Waals surface area contributed by atoms with Crippen molar-refractivity contribution in [3.63, 3.8) is 0 Å². The number of rotatable bonds is 7. The van der Waals surface area contributed by atoms with Crippen molar-refractivity contribution in [2.45, 2.75) is 32.6 Å². The van der Waals surface area contributed by atoms with E-state index in [4.69, 9.17) is 9.47 Å². The van der Waals surface area contributed by atoms with E-state index in [1.807, 2.05) is 45.9 Å². The maximum atomic E-state index is 12.6. The Kier molecular flexibility index (Phi) is 6.08. The van der Waals surface area contributed by atoms with Crippen LogP contribution in [-0.2, 0) is 10.0 Å². The van der Waals surface area contributed by atoms with E-state index in [9.17, 15) is 8.42 Å². The number of hydrogen-bond donors (Lipinski definition) is 1. The molecule has 1 N–H and O–H groups in total. The van der Waals surface area contributed by atoms with Crippen molar-refractivity contribution in [2.75, 3.05) is 20.3 Å². The molecule has 0 unspecified atom stereocenters. The van der Waals surface area contributed by atoms with Crippen LogP contribution in [0.3, 0.4) is 0 Å². The molecule has 0 fully saturated rings. The van der Waals surface area contributed by atoms with Gasteiger partial charge < -0.3 is 9.47 Å². The smallest absolute Gasteiger partial charge is 0.244 e. The molecule has 136 valence electrons. The Hall–Kier alpha value is -2.05. The summed E-state index contributed by atoms with van der Waals surface area (Å²) < 4.78 is 38.6. The first kappa shape index (κ1) is 19.3. The van der Waals surface area contributed by atoms with E-state index < -0.39 is 10.0 Å². The number of hydrogen-bond acceptors (Lipinski definition) is 4. The Balaban J connectivity index is 2.05. The third-order valence-corrected chi connectivity index (χ3v) is 5.76. The first-order chi connectivity index (χ1) is 11.8. The van der Waals surface area contributed by atoms with E-state index in [1.54, 1.807) is 12.1 Å². The molecule has 2 rings (SSSR count). The second kappa shape index (κ2) is 7.89. The predicted molar refractivity (Wildman–Crippen MR) is 99.1 cm³/mol. The topological polar surface area (TPSA) is 64.6 Å². The van der Waals surface area contributed by atoms with Gasteiger partial charge in [0, 0.05) is 6.54 Å². The molecule has 0 aromatic heterocycles. The van der Waals surface area contributed by atoms with Gasteiger partial charge in [-0.25, -0.2) is 13.1 Å². The summed E-state index contributed by atoms with van der Waals surface area (Å²) in [6.07, 6.45) is 0. The van der Waals surface area contributed by atoms with Crippen molar-refractivity contribution in [2.24, 2.45) is 0 Å². The van der Waals surface area contributed by atoms with Crippen LogP contribution in [0.4, 0.5) is 0 Å². The molecule has 0 saturated carbocycles. The summed E-state index contributed by atoms with van der Waals surface area (Å²) in [7, 11) is -2.20. The Morgan fingerprint density at radius 2 is 1.64 bits per heavy atom. The quantitative estimate of drug-likeness (QED) is 0.767. The van der Waals surface area contributed by atoms with Crippen LogP contribution < -0.4 is 14.2 Å². The summed E-state index contributed by atoms with van der Waals surface area (Å²) in [5.41, 5.74) is 4.07. The number of benzene rings is 2. The first-order valence-corrected chi connectivity index (χ1v) is 9.58. The SMILES string of the molecule is COc1cc(C)c(C)cc1S(=O)(=O)NCCOc1cccc(C)c1C. The van der Waals surface area contributed by atoms with Crippen LogP contribution in [0.15, 0.2) is 35.2 Å². The molecule has 6 heteroatoms. The van der Waals surface area contributed by atoms with Gasteiger partial charge in [0.25, 0.3) is 0 Å². The molecule has 0 aliphatic carbocycles. The number of methoxy groups -OCH3 is 1. The van der Waals surface area contributed by atoms with Crippen LogP contribution in [-0.4, -0.2) is 28.7 Å². The molecule has 0 aliphatic heterocycles. The summed E-state index contributed by atoms with van der Waals surface area (Å²) in [6.45, 7) is 8.20. The molecule has 0 saturated heterocycles. The molecule has 2 aromatic carbocycles. The van der Waals surface area contributed by atoms with Gasteiger partial charge in [0.05, 0.1) is 7.11 Å². The molecule has 0 heterocycles. The van der Waals surface area contributed by atoms with Crippen LogP contribution >= 0.6 is 0 Å². The minimum Gasteiger partial charge on any atom is -0.495 e. The molecule has 0 atom stereocenters. The molecule has 0 amide bonds. The fourth-order valence-electron chi connectivity index (χ4n) is 2.43. The van der Waals surface area contributed by atoms with E-state index in [1.165, 1.54) is 7.11 Å². The van der Waals surface area contributed by atoms with Crippen LogP contribution in [0.25, 0.3) is 0 Å². The maximum absolute atomic E-state index is 12.6. The molecule has 0 bridgehead atoms. The second-order valence-corrected chi connectivity index (χ2v) is 7.77. The van der Waals surface area contributed by atoms with Gasteiger partial charge in [0.15, 0.2) is 0 Å². The minimum atomic E-state index is -3.67. The van der Waals surface area contributed by atoms with Gasteiger partial charge in [0.2, 0.25) is 10.0 Å². The Labute approximate surface area is 150 Å². The molecule has 5 nitrogen and oxygen atoms in total. The van der Waals surface area contributed by atoms with Crippen LogP contribution in [0, 0.1) is 27.7 Å². The number of nitrogens with one attached hydrogen (secondary N) is 1. The molecular weight excluding hydrogens is 338 g/mol. The molecule has 25 heavy (non-hydrogen) atoms.